The summed E-state index contributed by atoms with van der Waals surface area (Å²) in [4.78, 5) is 13.2. The Labute approximate surface area is 104 Å². The van der Waals surface area contributed by atoms with E-state index in [1.54, 1.807) is 6.92 Å². The summed E-state index contributed by atoms with van der Waals surface area (Å²) in [6.45, 7) is 1.03. The van der Waals surface area contributed by atoms with Gasteiger partial charge < -0.3 is 10.4 Å². The third-order valence-corrected chi connectivity index (χ3v) is 2.94. The van der Waals surface area contributed by atoms with Crippen LogP contribution in [0, 0.1) is 0 Å². The summed E-state index contributed by atoms with van der Waals surface area (Å²) in [5.74, 6) is -0.621. The molecule has 0 saturated carbocycles. The number of rotatable bonds is 5. The van der Waals surface area contributed by atoms with Crippen molar-refractivity contribution in [1.29, 1.82) is 0 Å². The van der Waals surface area contributed by atoms with Gasteiger partial charge in [0.15, 0.2) is 0 Å². The lowest BCUT2D eigenvalue weighted by molar-refractivity contribution is -0.139. The van der Waals surface area contributed by atoms with Gasteiger partial charge in [-0.2, -0.15) is 13.2 Å². The molecule has 1 rings (SSSR count). The molecule has 4 nitrogen and oxygen atoms in total. The number of alkyl halides is 3. The summed E-state index contributed by atoms with van der Waals surface area (Å²) in [6.07, 6.45) is -2.51. The third-order valence-electron chi connectivity index (χ3n) is 2.94. The minimum absolute atomic E-state index is 0.0343. The van der Waals surface area contributed by atoms with Crippen molar-refractivity contribution in [1.82, 2.24) is 10.2 Å². The fourth-order valence-electron chi connectivity index (χ4n) is 2.20. The highest BCUT2D eigenvalue weighted by Crippen LogP contribution is 2.21. The topological polar surface area (TPSA) is 52.6 Å². The number of aliphatic hydroxyl groups is 1. The van der Waals surface area contributed by atoms with E-state index in [9.17, 15) is 23.1 Å². The Kier molecular flexibility index (Phi) is 5.40. The van der Waals surface area contributed by atoms with Crippen LogP contribution >= 0.6 is 0 Å². The molecule has 7 heteroatoms. The van der Waals surface area contributed by atoms with E-state index in [4.69, 9.17) is 0 Å². The van der Waals surface area contributed by atoms with E-state index in [1.807, 2.05) is 10.2 Å². The Balaban J connectivity index is 2.34. The number of halogens is 3. The van der Waals surface area contributed by atoms with Gasteiger partial charge in [0.25, 0.3) is 0 Å². The first-order valence-electron chi connectivity index (χ1n) is 6.03. The standard InChI is InChI=1S/C11H19F3N2O2/c1-8(17)5-9-3-2-4-16(9)6-10(18)15-7-11(12,13)14/h8-9,17H,2-7H2,1H3,(H,15,18). The minimum Gasteiger partial charge on any atom is -0.393 e. The zero-order valence-electron chi connectivity index (χ0n) is 10.3. The molecule has 2 atom stereocenters. The van der Waals surface area contributed by atoms with E-state index in [1.165, 1.54) is 0 Å². The number of carbonyl (C=O) groups excluding carboxylic acids is 1. The average Bonchev–Trinajstić information content (AvgIpc) is 2.61. The lowest BCUT2D eigenvalue weighted by Gasteiger charge is -2.24. The van der Waals surface area contributed by atoms with Gasteiger partial charge in [-0.3, -0.25) is 9.69 Å². The first-order chi connectivity index (χ1) is 8.28. The second-order valence-corrected chi connectivity index (χ2v) is 4.74. The lowest BCUT2D eigenvalue weighted by atomic mass is 10.1. The summed E-state index contributed by atoms with van der Waals surface area (Å²) in [6, 6.07) is 0.0848. The van der Waals surface area contributed by atoms with Crippen molar-refractivity contribution in [3.63, 3.8) is 0 Å². The highest BCUT2D eigenvalue weighted by atomic mass is 19.4. The van der Waals surface area contributed by atoms with Crippen LogP contribution < -0.4 is 5.32 Å². The van der Waals surface area contributed by atoms with E-state index in [-0.39, 0.29) is 12.6 Å². The number of nitrogens with zero attached hydrogens (tertiary/aromatic N) is 1. The number of hydrogen-bond donors (Lipinski definition) is 2. The zero-order chi connectivity index (χ0) is 13.8. The third kappa shape index (κ3) is 5.68. The largest absolute Gasteiger partial charge is 0.405 e. The first-order valence-corrected chi connectivity index (χ1v) is 6.03. The molecular formula is C11H19F3N2O2. The van der Waals surface area contributed by atoms with Gasteiger partial charge in [-0.15, -0.1) is 0 Å². The van der Waals surface area contributed by atoms with Gasteiger partial charge in [-0.25, -0.2) is 0 Å². The summed E-state index contributed by atoms with van der Waals surface area (Å²) in [7, 11) is 0. The molecule has 18 heavy (non-hydrogen) atoms. The summed E-state index contributed by atoms with van der Waals surface area (Å²) in [5.41, 5.74) is 0. The molecule has 2 N–H and O–H groups in total. The van der Waals surface area contributed by atoms with Crippen LogP contribution in [-0.2, 0) is 4.79 Å². The molecule has 1 amide bonds. The van der Waals surface area contributed by atoms with Crippen molar-refractivity contribution in [2.45, 2.75) is 44.5 Å². The molecule has 106 valence electrons. The molecular weight excluding hydrogens is 249 g/mol. The van der Waals surface area contributed by atoms with Gasteiger partial charge in [-0.05, 0) is 32.7 Å². The molecule has 0 aromatic heterocycles. The number of amides is 1. The van der Waals surface area contributed by atoms with Crippen LogP contribution in [-0.4, -0.2) is 53.9 Å². The molecule has 2 unspecified atom stereocenters. The average molecular weight is 268 g/mol. The van der Waals surface area contributed by atoms with Crippen LogP contribution in [0.1, 0.15) is 26.2 Å². The fraction of sp³-hybridized carbons (Fsp3) is 0.909. The van der Waals surface area contributed by atoms with Gasteiger partial charge in [0.1, 0.15) is 6.54 Å². The SMILES string of the molecule is CC(O)CC1CCCN1CC(=O)NCC(F)(F)F. The molecule has 0 aliphatic carbocycles. The summed E-state index contributed by atoms with van der Waals surface area (Å²) in [5, 5.41) is 11.2. The molecule has 0 aromatic carbocycles. The summed E-state index contributed by atoms with van der Waals surface area (Å²) < 4.78 is 35.8. The molecule has 1 fully saturated rings. The van der Waals surface area contributed by atoms with Crippen molar-refractivity contribution < 1.29 is 23.1 Å². The fourth-order valence-corrected chi connectivity index (χ4v) is 2.20. The van der Waals surface area contributed by atoms with Crippen LogP contribution in [0.4, 0.5) is 13.2 Å². The van der Waals surface area contributed by atoms with Crippen molar-refractivity contribution in [2.24, 2.45) is 0 Å². The normalized spacial score (nSPS) is 23.1. The quantitative estimate of drug-likeness (QED) is 0.779. The maximum Gasteiger partial charge on any atom is 0.405 e. The smallest absolute Gasteiger partial charge is 0.393 e. The molecule has 1 aliphatic heterocycles. The molecule has 0 aromatic rings. The van der Waals surface area contributed by atoms with Gasteiger partial charge in [-0.1, -0.05) is 0 Å². The molecule has 0 spiro atoms. The first kappa shape index (κ1) is 15.2. The van der Waals surface area contributed by atoms with Crippen molar-refractivity contribution in [3.05, 3.63) is 0 Å². The van der Waals surface area contributed by atoms with Crippen LogP contribution in [0.25, 0.3) is 0 Å². The minimum atomic E-state index is -4.38. The summed E-state index contributed by atoms with van der Waals surface area (Å²) >= 11 is 0. The zero-order valence-corrected chi connectivity index (χ0v) is 10.3. The predicted octanol–water partition coefficient (Wildman–Crippen LogP) is 0.900. The molecule has 1 aliphatic rings. The van der Waals surface area contributed by atoms with E-state index in [0.717, 1.165) is 12.8 Å². The van der Waals surface area contributed by atoms with Crippen molar-refractivity contribution >= 4 is 5.91 Å². The predicted molar refractivity (Wildman–Crippen MR) is 60.0 cm³/mol. The Morgan fingerprint density at radius 3 is 2.78 bits per heavy atom. The molecule has 0 bridgehead atoms. The van der Waals surface area contributed by atoms with E-state index < -0.39 is 24.7 Å². The molecule has 0 radical (unpaired) electrons. The Hall–Kier alpha value is -0.820. The highest BCUT2D eigenvalue weighted by molar-refractivity contribution is 5.78. The highest BCUT2D eigenvalue weighted by Gasteiger charge is 2.30. The van der Waals surface area contributed by atoms with Crippen LogP contribution in [0.2, 0.25) is 0 Å². The number of nitrogens with one attached hydrogen (secondary N) is 1. The van der Waals surface area contributed by atoms with Crippen LogP contribution in [0.5, 0.6) is 0 Å². The number of aliphatic hydroxyl groups excluding tert-OH is 1. The Bertz CT molecular complexity index is 282. The van der Waals surface area contributed by atoms with Gasteiger partial charge in [0, 0.05) is 6.04 Å². The maximum absolute atomic E-state index is 11.9. The molecule has 1 saturated heterocycles. The second kappa shape index (κ2) is 6.38. The van der Waals surface area contributed by atoms with E-state index >= 15 is 0 Å². The van der Waals surface area contributed by atoms with E-state index in [2.05, 4.69) is 0 Å². The number of hydrogen-bond acceptors (Lipinski definition) is 3. The van der Waals surface area contributed by atoms with E-state index in [0.29, 0.717) is 13.0 Å². The van der Waals surface area contributed by atoms with Crippen LogP contribution in [0.15, 0.2) is 0 Å². The van der Waals surface area contributed by atoms with Crippen LogP contribution in [0.3, 0.4) is 0 Å². The Morgan fingerprint density at radius 2 is 2.22 bits per heavy atom. The van der Waals surface area contributed by atoms with Crippen molar-refractivity contribution in [2.75, 3.05) is 19.6 Å². The second-order valence-electron chi connectivity index (χ2n) is 4.74. The molecule has 1 heterocycles. The van der Waals surface area contributed by atoms with Gasteiger partial charge >= 0.3 is 6.18 Å². The monoisotopic (exact) mass is 268 g/mol. The maximum atomic E-state index is 11.9. The number of carbonyl (C=O) groups is 1. The lowest BCUT2D eigenvalue weighted by Crippen LogP contribution is -2.43. The van der Waals surface area contributed by atoms with Crippen molar-refractivity contribution in [3.8, 4) is 0 Å². The van der Waals surface area contributed by atoms with Gasteiger partial charge in [0.2, 0.25) is 5.91 Å². The van der Waals surface area contributed by atoms with Gasteiger partial charge in [0.05, 0.1) is 12.6 Å². The Morgan fingerprint density at radius 1 is 1.56 bits per heavy atom. The number of likely N-dealkylation sites (tertiary alicyclic amines) is 1.